The number of hydrogen-bond donors (Lipinski definition) is 10. The molecule has 6 unspecified atom stereocenters. The zero-order valence-electron chi connectivity index (χ0n) is 17.9. The average Bonchev–Trinajstić information content (AvgIpc) is 2.70. The highest BCUT2D eigenvalue weighted by molar-refractivity contribution is 7.80. The lowest BCUT2D eigenvalue weighted by Crippen LogP contribution is -2.62. The van der Waals surface area contributed by atoms with Crippen molar-refractivity contribution in [2.45, 2.75) is 63.1 Å². The fourth-order valence-corrected chi connectivity index (χ4v) is 2.58. The van der Waals surface area contributed by atoms with Gasteiger partial charge < -0.3 is 48.5 Å². The number of carbonyl (C=O) groups is 4. The van der Waals surface area contributed by atoms with E-state index < -0.39 is 60.1 Å². The number of aliphatic carboxylic acids is 1. The number of nitrogens with one attached hydrogen (secondary N) is 3. The number of amides is 3. The standard InChI is InChI=1S/C17H33N7O7S/c1-7(25)11(14(28)22-10(16(30)31)4-3-5-21-17(19)20)24-15(29)12(8(2)26)23-13(27)9(18)6-32/h7-12,25-26,32H,3-6,18H2,1-2H3,(H,22,28)(H,23,27)(H,24,29)(H,30,31)(H4,19,20,21). The molecule has 0 heterocycles. The molecule has 0 spiro atoms. The summed E-state index contributed by atoms with van der Waals surface area (Å²) < 4.78 is 0. The van der Waals surface area contributed by atoms with E-state index in [-0.39, 0.29) is 31.1 Å². The highest BCUT2D eigenvalue weighted by atomic mass is 32.1. The molecule has 0 aliphatic heterocycles. The normalized spacial score (nSPS) is 16.4. The van der Waals surface area contributed by atoms with Crippen molar-refractivity contribution in [2.24, 2.45) is 22.2 Å². The highest BCUT2D eigenvalue weighted by Crippen LogP contribution is 2.03. The minimum absolute atomic E-state index is 0.0154. The molecule has 0 aliphatic carbocycles. The van der Waals surface area contributed by atoms with Crippen molar-refractivity contribution in [1.82, 2.24) is 16.0 Å². The van der Waals surface area contributed by atoms with E-state index in [4.69, 9.17) is 17.2 Å². The number of rotatable bonds is 14. The van der Waals surface area contributed by atoms with Crippen molar-refractivity contribution in [2.75, 3.05) is 12.3 Å². The number of nitrogens with two attached hydrogens (primary N) is 3. The fraction of sp³-hybridized carbons (Fsp3) is 0.706. The Bertz CT molecular complexity index is 686. The van der Waals surface area contributed by atoms with E-state index in [1.807, 2.05) is 0 Å². The third-order valence-electron chi connectivity index (χ3n) is 4.22. The molecule has 0 aromatic carbocycles. The van der Waals surface area contributed by atoms with Gasteiger partial charge in [0.1, 0.15) is 18.1 Å². The smallest absolute Gasteiger partial charge is 0.326 e. The first-order valence-electron chi connectivity index (χ1n) is 9.73. The zero-order chi connectivity index (χ0) is 25.0. The molecule has 0 aromatic heterocycles. The summed E-state index contributed by atoms with van der Waals surface area (Å²) in [6.07, 6.45) is -2.58. The van der Waals surface area contributed by atoms with Crippen molar-refractivity contribution in [3.05, 3.63) is 0 Å². The first-order valence-corrected chi connectivity index (χ1v) is 10.4. The van der Waals surface area contributed by atoms with Crippen LogP contribution in [-0.4, -0.2) is 93.6 Å². The Morgan fingerprint density at radius 1 is 0.938 bits per heavy atom. The second-order valence-corrected chi connectivity index (χ2v) is 7.46. The molecule has 32 heavy (non-hydrogen) atoms. The van der Waals surface area contributed by atoms with E-state index in [9.17, 15) is 34.5 Å². The molecular weight excluding hydrogens is 446 g/mol. The third-order valence-corrected chi connectivity index (χ3v) is 4.61. The number of hydrogen-bond acceptors (Lipinski definition) is 9. The van der Waals surface area contributed by atoms with Gasteiger partial charge in [-0.15, -0.1) is 0 Å². The van der Waals surface area contributed by atoms with Gasteiger partial charge in [0.25, 0.3) is 0 Å². The Morgan fingerprint density at radius 3 is 1.81 bits per heavy atom. The summed E-state index contributed by atoms with van der Waals surface area (Å²) >= 11 is 3.88. The van der Waals surface area contributed by atoms with Gasteiger partial charge in [-0.1, -0.05) is 0 Å². The van der Waals surface area contributed by atoms with Gasteiger partial charge in [-0.2, -0.15) is 12.6 Å². The van der Waals surface area contributed by atoms with Crippen molar-refractivity contribution >= 4 is 42.3 Å². The summed E-state index contributed by atoms with van der Waals surface area (Å²) in [5.41, 5.74) is 15.9. The van der Waals surface area contributed by atoms with E-state index >= 15 is 0 Å². The van der Waals surface area contributed by atoms with E-state index in [0.29, 0.717) is 0 Å². The second kappa shape index (κ2) is 14.4. The number of aliphatic imine (C=N–C) groups is 1. The van der Waals surface area contributed by atoms with Crippen LogP contribution in [0.5, 0.6) is 0 Å². The first-order chi connectivity index (χ1) is 14.8. The average molecular weight is 480 g/mol. The van der Waals surface area contributed by atoms with Crippen LogP contribution in [0.3, 0.4) is 0 Å². The summed E-state index contributed by atoms with van der Waals surface area (Å²) in [5.74, 6) is -4.24. The molecule has 6 atom stereocenters. The van der Waals surface area contributed by atoms with Crippen LogP contribution in [0.1, 0.15) is 26.7 Å². The van der Waals surface area contributed by atoms with Crippen LogP contribution in [0, 0.1) is 0 Å². The molecule has 184 valence electrons. The molecule has 12 N–H and O–H groups in total. The molecule has 0 aliphatic rings. The number of aliphatic hydroxyl groups excluding tert-OH is 2. The minimum Gasteiger partial charge on any atom is -0.480 e. The van der Waals surface area contributed by atoms with Crippen LogP contribution in [0.15, 0.2) is 4.99 Å². The molecule has 0 bridgehead atoms. The Kier molecular flexibility index (Phi) is 13.3. The molecular formula is C17H33N7O7S. The molecule has 0 fully saturated rings. The Morgan fingerprint density at radius 2 is 1.41 bits per heavy atom. The van der Waals surface area contributed by atoms with Crippen LogP contribution in [0.2, 0.25) is 0 Å². The largest absolute Gasteiger partial charge is 0.480 e. The SMILES string of the molecule is CC(O)C(NC(=O)C(N)CS)C(=O)NC(C(=O)NC(CCCN=C(N)N)C(=O)O)C(C)O. The molecule has 0 rings (SSSR count). The van der Waals surface area contributed by atoms with E-state index in [2.05, 4.69) is 33.6 Å². The lowest BCUT2D eigenvalue weighted by molar-refractivity contribution is -0.143. The topological polar surface area (TPSA) is 255 Å². The van der Waals surface area contributed by atoms with Crippen LogP contribution >= 0.6 is 12.6 Å². The molecule has 0 saturated heterocycles. The van der Waals surface area contributed by atoms with E-state index in [1.54, 1.807) is 0 Å². The summed E-state index contributed by atoms with van der Waals surface area (Å²) in [4.78, 5) is 52.2. The van der Waals surface area contributed by atoms with Gasteiger partial charge >= 0.3 is 5.97 Å². The lowest BCUT2D eigenvalue weighted by Gasteiger charge is -2.27. The van der Waals surface area contributed by atoms with Crippen molar-refractivity contribution in [3.8, 4) is 0 Å². The summed E-state index contributed by atoms with van der Waals surface area (Å²) in [7, 11) is 0. The maximum Gasteiger partial charge on any atom is 0.326 e. The summed E-state index contributed by atoms with van der Waals surface area (Å²) in [6.45, 7) is 2.57. The molecule has 14 nitrogen and oxygen atoms in total. The van der Waals surface area contributed by atoms with Gasteiger partial charge in [0.05, 0.1) is 18.2 Å². The molecule has 0 radical (unpaired) electrons. The number of thiol groups is 1. The van der Waals surface area contributed by atoms with Crippen molar-refractivity contribution in [1.29, 1.82) is 0 Å². The summed E-state index contributed by atoms with van der Waals surface area (Å²) in [6, 6.07) is -5.44. The van der Waals surface area contributed by atoms with Gasteiger partial charge in [0.15, 0.2) is 5.96 Å². The van der Waals surface area contributed by atoms with Gasteiger partial charge in [-0.05, 0) is 26.7 Å². The third kappa shape index (κ3) is 10.6. The van der Waals surface area contributed by atoms with Gasteiger partial charge in [-0.25, -0.2) is 4.79 Å². The molecule has 3 amide bonds. The van der Waals surface area contributed by atoms with Crippen LogP contribution < -0.4 is 33.2 Å². The number of carboxylic acid groups (broad SMARTS) is 1. The fourth-order valence-electron chi connectivity index (χ4n) is 2.42. The van der Waals surface area contributed by atoms with Crippen LogP contribution in [0.25, 0.3) is 0 Å². The maximum atomic E-state index is 12.6. The van der Waals surface area contributed by atoms with E-state index in [0.717, 1.165) is 0 Å². The van der Waals surface area contributed by atoms with Crippen molar-refractivity contribution < 1.29 is 34.5 Å². The monoisotopic (exact) mass is 479 g/mol. The minimum atomic E-state index is -1.57. The van der Waals surface area contributed by atoms with Gasteiger partial charge in [0, 0.05) is 12.3 Å². The zero-order valence-corrected chi connectivity index (χ0v) is 18.8. The Labute approximate surface area is 190 Å². The maximum absolute atomic E-state index is 12.6. The quantitative estimate of drug-likeness (QED) is 0.0495. The number of nitrogens with zero attached hydrogens (tertiary/aromatic N) is 1. The molecule has 0 saturated carbocycles. The lowest BCUT2D eigenvalue weighted by atomic mass is 10.1. The van der Waals surface area contributed by atoms with E-state index in [1.165, 1.54) is 13.8 Å². The number of aliphatic hydroxyl groups is 2. The van der Waals surface area contributed by atoms with Gasteiger partial charge in [0.2, 0.25) is 17.7 Å². The predicted molar refractivity (Wildman–Crippen MR) is 119 cm³/mol. The predicted octanol–water partition coefficient (Wildman–Crippen LogP) is -4.40. The Hall–Kier alpha value is -2.62. The second-order valence-electron chi connectivity index (χ2n) is 7.09. The van der Waals surface area contributed by atoms with Gasteiger partial charge in [-0.3, -0.25) is 19.4 Å². The van der Waals surface area contributed by atoms with Crippen LogP contribution in [0.4, 0.5) is 0 Å². The number of carbonyl (C=O) groups excluding carboxylic acids is 3. The Balaban J connectivity index is 5.26. The molecule has 0 aromatic rings. The first kappa shape index (κ1) is 29.4. The number of carboxylic acids is 1. The molecule has 15 heteroatoms. The van der Waals surface area contributed by atoms with Crippen molar-refractivity contribution in [3.63, 3.8) is 0 Å². The summed E-state index contributed by atoms with van der Waals surface area (Å²) in [5, 5.41) is 35.8. The highest BCUT2D eigenvalue weighted by Gasteiger charge is 2.34. The van der Waals surface area contributed by atoms with Crippen LogP contribution in [-0.2, 0) is 19.2 Å². The number of guanidine groups is 1.